The molecule has 0 fully saturated rings. The van der Waals surface area contributed by atoms with Crippen LogP contribution in [0.15, 0.2) is 60.7 Å². The highest BCUT2D eigenvalue weighted by molar-refractivity contribution is 6.04. The SMILES string of the molecule is COc1ccc(CN2C(=N)c3c(N)cc(NC(=O)NC(C)c4ccccc4)nc3CC2C)cc1. The van der Waals surface area contributed by atoms with E-state index in [1.165, 1.54) is 0 Å². The zero-order valence-electron chi connectivity index (χ0n) is 19.6. The average Bonchev–Trinajstić information content (AvgIpc) is 2.82. The Bertz CT molecular complexity index is 1180. The van der Waals surface area contributed by atoms with Gasteiger partial charge in [-0.25, -0.2) is 9.78 Å². The van der Waals surface area contributed by atoms with Gasteiger partial charge in [0.15, 0.2) is 0 Å². The lowest BCUT2D eigenvalue weighted by Crippen LogP contribution is -2.44. The number of hydrogen-bond acceptors (Lipinski definition) is 5. The number of carbonyl (C=O) groups excluding carboxylic acids is 1. The van der Waals surface area contributed by atoms with E-state index in [0.717, 1.165) is 22.6 Å². The van der Waals surface area contributed by atoms with E-state index in [1.54, 1.807) is 13.2 Å². The Morgan fingerprint density at radius 3 is 2.62 bits per heavy atom. The van der Waals surface area contributed by atoms with Crippen LogP contribution in [0, 0.1) is 5.41 Å². The van der Waals surface area contributed by atoms with Gasteiger partial charge in [0.05, 0.1) is 24.4 Å². The normalized spacial score (nSPS) is 15.9. The maximum atomic E-state index is 12.5. The van der Waals surface area contributed by atoms with Crippen molar-refractivity contribution in [2.45, 2.75) is 38.9 Å². The van der Waals surface area contributed by atoms with E-state index < -0.39 is 0 Å². The molecule has 1 aromatic heterocycles. The number of nitrogens with two attached hydrogens (primary N) is 1. The summed E-state index contributed by atoms with van der Waals surface area (Å²) in [7, 11) is 1.64. The predicted octanol–water partition coefficient (Wildman–Crippen LogP) is 4.33. The highest BCUT2D eigenvalue weighted by Crippen LogP contribution is 2.30. The lowest BCUT2D eigenvalue weighted by Gasteiger charge is -2.37. The maximum absolute atomic E-state index is 12.5. The first-order valence-corrected chi connectivity index (χ1v) is 11.3. The summed E-state index contributed by atoms with van der Waals surface area (Å²) in [6, 6.07) is 18.7. The third-order valence-corrected chi connectivity index (χ3v) is 6.07. The number of aromatic nitrogens is 1. The van der Waals surface area contributed by atoms with E-state index in [0.29, 0.717) is 35.9 Å². The fraction of sp³-hybridized carbons (Fsp3) is 0.269. The van der Waals surface area contributed by atoms with Crippen LogP contribution in [0.2, 0.25) is 0 Å². The van der Waals surface area contributed by atoms with Gasteiger partial charge in [0.1, 0.15) is 17.4 Å². The van der Waals surface area contributed by atoms with Crippen molar-refractivity contribution in [3.8, 4) is 5.75 Å². The number of fused-ring (bicyclic) bond motifs is 1. The van der Waals surface area contributed by atoms with Gasteiger partial charge in [-0.3, -0.25) is 10.7 Å². The number of hydrogen-bond donors (Lipinski definition) is 4. The van der Waals surface area contributed by atoms with Crippen LogP contribution >= 0.6 is 0 Å². The lowest BCUT2D eigenvalue weighted by atomic mass is 9.96. The van der Waals surface area contributed by atoms with E-state index in [-0.39, 0.29) is 18.1 Å². The number of methoxy groups -OCH3 is 1. The van der Waals surface area contributed by atoms with Crippen LogP contribution in [0.25, 0.3) is 0 Å². The minimum atomic E-state index is -0.358. The van der Waals surface area contributed by atoms with Crippen LogP contribution in [0.1, 0.15) is 42.3 Å². The molecule has 1 aliphatic rings. The van der Waals surface area contributed by atoms with Crippen molar-refractivity contribution in [3.63, 3.8) is 0 Å². The molecule has 0 bridgehead atoms. The molecule has 0 aliphatic carbocycles. The molecule has 2 heterocycles. The number of nitrogens with one attached hydrogen (secondary N) is 3. The highest BCUT2D eigenvalue weighted by atomic mass is 16.5. The van der Waals surface area contributed by atoms with Gasteiger partial charge in [0.2, 0.25) is 0 Å². The number of carbonyl (C=O) groups is 1. The van der Waals surface area contributed by atoms with Crippen molar-refractivity contribution in [2.75, 3.05) is 18.2 Å². The number of pyridine rings is 1. The Morgan fingerprint density at radius 1 is 1.24 bits per heavy atom. The minimum absolute atomic E-state index is 0.0520. The maximum Gasteiger partial charge on any atom is 0.320 e. The summed E-state index contributed by atoms with van der Waals surface area (Å²) in [6.45, 7) is 4.57. The first kappa shape index (κ1) is 23.1. The molecule has 8 heteroatoms. The molecule has 5 N–H and O–H groups in total. The Morgan fingerprint density at radius 2 is 1.94 bits per heavy atom. The van der Waals surface area contributed by atoms with Gasteiger partial charge in [-0.15, -0.1) is 0 Å². The van der Waals surface area contributed by atoms with E-state index in [4.69, 9.17) is 15.9 Å². The van der Waals surface area contributed by atoms with Crippen LogP contribution in [0.3, 0.4) is 0 Å². The fourth-order valence-corrected chi connectivity index (χ4v) is 4.20. The fourth-order valence-electron chi connectivity index (χ4n) is 4.20. The van der Waals surface area contributed by atoms with Gasteiger partial charge >= 0.3 is 6.03 Å². The molecular weight excluding hydrogens is 428 g/mol. The summed E-state index contributed by atoms with van der Waals surface area (Å²) in [5, 5.41) is 14.5. The number of urea groups is 1. The van der Waals surface area contributed by atoms with Crippen LogP contribution in [-0.4, -0.2) is 34.9 Å². The Balaban J connectivity index is 1.47. The third kappa shape index (κ3) is 4.96. The number of amidine groups is 1. The number of anilines is 2. The summed E-state index contributed by atoms with van der Waals surface area (Å²) in [5.74, 6) is 1.51. The zero-order valence-corrected chi connectivity index (χ0v) is 19.6. The molecule has 3 aromatic rings. The Hall–Kier alpha value is -4.07. The molecule has 1 aliphatic heterocycles. The largest absolute Gasteiger partial charge is 0.497 e. The van der Waals surface area contributed by atoms with Crippen LogP contribution in [0.4, 0.5) is 16.3 Å². The van der Waals surface area contributed by atoms with Crippen molar-refractivity contribution >= 4 is 23.4 Å². The zero-order chi connectivity index (χ0) is 24.2. The number of nitrogens with zero attached hydrogens (tertiary/aromatic N) is 2. The molecule has 2 atom stereocenters. The van der Waals surface area contributed by atoms with Crippen molar-refractivity contribution in [1.29, 1.82) is 5.41 Å². The van der Waals surface area contributed by atoms with Gasteiger partial charge in [0.25, 0.3) is 0 Å². The summed E-state index contributed by atoms with van der Waals surface area (Å²) < 4.78 is 5.23. The minimum Gasteiger partial charge on any atom is -0.497 e. The van der Waals surface area contributed by atoms with Crippen LogP contribution in [0.5, 0.6) is 5.75 Å². The number of rotatable bonds is 6. The van der Waals surface area contributed by atoms with Crippen molar-refractivity contribution < 1.29 is 9.53 Å². The number of benzene rings is 2. The molecule has 2 unspecified atom stereocenters. The summed E-state index contributed by atoms with van der Waals surface area (Å²) in [5.41, 5.74) is 10.2. The van der Waals surface area contributed by atoms with Crippen molar-refractivity contribution in [1.82, 2.24) is 15.2 Å². The second kappa shape index (κ2) is 9.82. The summed E-state index contributed by atoms with van der Waals surface area (Å²) in [4.78, 5) is 19.2. The van der Waals surface area contributed by atoms with E-state index in [9.17, 15) is 4.79 Å². The molecule has 2 aromatic carbocycles. The topological polar surface area (TPSA) is 116 Å². The van der Waals surface area contributed by atoms with E-state index in [2.05, 4.69) is 22.5 Å². The quantitative estimate of drug-likeness (QED) is 0.439. The first-order chi connectivity index (χ1) is 16.4. The van der Waals surface area contributed by atoms with Crippen molar-refractivity contribution in [2.24, 2.45) is 0 Å². The molecule has 0 saturated heterocycles. The molecule has 8 nitrogen and oxygen atoms in total. The Kier molecular flexibility index (Phi) is 6.67. The molecule has 2 amide bonds. The molecule has 0 saturated carbocycles. The lowest BCUT2D eigenvalue weighted by molar-refractivity contribution is 0.249. The number of amides is 2. The number of ether oxygens (including phenoxy) is 1. The molecule has 0 spiro atoms. The Labute approximate surface area is 199 Å². The summed E-state index contributed by atoms with van der Waals surface area (Å²) in [6.07, 6.45) is 0.621. The van der Waals surface area contributed by atoms with E-state index >= 15 is 0 Å². The molecular formula is C26H30N6O2. The smallest absolute Gasteiger partial charge is 0.320 e. The van der Waals surface area contributed by atoms with Gasteiger partial charge in [-0.2, -0.15) is 0 Å². The van der Waals surface area contributed by atoms with Crippen LogP contribution < -0.4 is 21.1 Å². The number of nitrogen functional groups attached to an aromatic ring is 1. The van der Waals surface area contributed by atoms with Crippen molar-refractivity contribution in [3.05, 3.63) is 83.0 Å². The highest BCUT2D eigenvalue weighted by Gasteiger charge is 2.30. The molecule has 34 heavy (non-hydrogen) atoms. The molecule has 176 valence electrons. The van der Waals surface area contributed by atoms with E-state index in [1.807, 2.05) is 66.4 Å². The molecule has 0 radical (unpaired) electrons. The van der Waals surface area contributed by atoms with Gasteiger partial charge < -0.3 is 20.7 Å². The first-order valence-electron chi connectivity index (χ1n) is 11.3. The predicted molar refractivity (Wildman–Crippen MR) is 134 cm³/mol. The monoisotopic (exact) mass is 458 g/mol. The third-order valence-electron chi connectivity index (χ3n) is 6.07. The van der Waals surface area contributed by atoms with Gasteiger partial charge in [-0.05, 0) is 37.1 Å². The van der Waals surface area contributed by atoms with Gasteiger partial charge in [-0.1, -0.05) is 42.5 Å². The second-order valence-corrected chi connectivity index (χ2v) is 8.53. The molecule has 4 rings (SSSR count). The summed E-state index contributed by atoms with van der Waals surface area (Å²) >= 11 is 0. The van der Waals surface area contributed by atoms with Crippen LogP contribution in [-0.2, 0) is 13.0 Å². The standard InChI is InChI=1S/C26H30N6O2/c1-16-13-22-24(25(28)32(16)15-18-9-11-20(34-3)12-10-18)21(27)14-23(30-22)31-26(33)29-17(2)19-7-5-4-6-8-19/h4-12,14,16-17,28H,13,15H2,1-3H3,(H4,27,29,30,31,33). The average molecular weight is 459 g/mol. The van der Waals surface area contributed by atoms with Gasteiger partial charge in [0, 0.05) is 30.8 Å². The second-order valence-electron chi connectivity index (χ2n) is 8.53.